The Labute approximate surface area is 211 Å². The molecule has 0 spiro atoms. The summed E-state index contributed by atoms with van der Waals surface area (Å²) >= 11 is 3.68. The number of hydrogen-bond acceptors (Lipinski definition) is 4. The van der Waals surface area contributed by atoms with Crippen LogP contribution in [0.4, 0.5) is 5.69 Å². The zero-order valence-corrected chi connectivity index (χ0v) is 20.3. The number of carbonyl (C=O) groups is 1. The summed E-state index contributed by atoms with van der Waals surface area (Å²) in [5.74, 6) is 0.209. The molecule has 174 valence electrons. The topological polar surface area (TPSA) is 59.0 Å². The van der Waals surface area contributed by atoms with Crippen molar-refractivity contribution in [2.45, 2.75) is 12.0 Å². The lowest BCUT2D eigenvalue weighted by molar-refractivity contribution is -0.118. The lowest BCUT2D eigenvalue weighted by Gasteiger charge is -2.30. The van der Waals surface area contributed by atoms with Gasteiger partial charge in [-0.3, -0.25) is 9.69 Å². The summed E-state index contributed by atoms with van der Waals surface area (Å²) in [5.41, 5.74) is 4.13. The lowest BCUT2D eigenvalue weighted by Crippen LogP contribution is -2.34. The van der Waals surface area contributed by atoms with Gasteiger partial charge in [0.2, 0.25) is 5.91 Å². The molecule has 0 aromatic heterocycles. The quantitative estimate of drug-likeness (QED) is 0.343. The van der Waals surface area contributed by atoms with Crippen molar-refractivity contribution in [3.05, 3.63) is 118 Å². The Bertz CT molecular complexity index is 1370. The van der Waals surface area contributed by atoms with Crippen molar-refractivity contribution in [3.8, 4) is 17.2 Å². The number of halogens is 1. The van der Waals surface area contributed by atoms with Crippen LogP contribution in [0, 0.1) is 0 Å². The maximum Gasteiger partial charge on any atom is 0.240 e. The molecule has 4 aromatic rings. The van der Waals surface area contributed by atoms with E-state index in [1.54, 1.807) is 12.1 Å². The molecule has 35 heavy (non-hydrogen) atoms. The molecule has 2 aliphatic heterocycles. The van der Waals surface area contributed by atoms with Gasteiger partial charge in [-0.25, -0.2) is 0 Å². The first-order chi connectivity index (χ1) is 17.1. The number of aromatic hydroxyl groups is 1. The molecule has 0 radical (unpaired) electrons. The van der Waals surface area contributed by atoms with E-state index < -0.39 is 5.92 Å². The Balaban J connectivity index is 1.55. The Kier molecular flexibility index (Phi) is 5.46. The molecule has 0 saturated heterocycles. The number of ether oxygens (including phenoxy) is 2. The van der Waals surface area contributed by atoms with E-state index in [-0.39, 0.29) is 17.7 Å². The SMILES string of the molecule is O=C1C(c2cc3c(cc2O)OCCO3)c2c(Br)cccc2N1C(c1ccccc1)c1ccccc1. The summed E-state index contributed by atoms with van der Waals surface area (Å²) in [6, 6.07) is 28.8. The van der Waals surface area contributed by atoms with Gasteiger partial charge in [-0.2, -0.15) is 0 Å². The summed E-state index contributed by atoms with van der Waals surface area (Å²) in [4.78, 5) is 16.2. The summed E-state index contributed by atoms with van der Waals surface area (Å²) in [5, 5.41) is 11.0. The Morgan fingerprint density at radius 2 is 1.43 bits per heavy atom. The monoisotopic (exact) mass is 527 g/mol. The van der Waals surface area contributed by atoms with Gasteiger partial charge in [0.1, 0.15) is 19.0 Å². The van der Waals surface area contributed by atoms with Crippen molar-refractivity contribution in [3.63, 3.8) is 0 Å². The van der Waals surface area contributed by atoms with Gasteiger partial charge in [0.05, 0.1) is 17.6 Å². The fraction of sp³-hybridized carbons (Fsp3) is 0.138. The molecular formula is C29H22BrNO4. The molecule has 0 fully saturated rings. The molecule has 6 heteroatoms. The van der Waals surface area contributed by atoms with E-state index in [9.17, 15) is 9.90 Å². The van der Waals surface area contributed by atoms with Gasteiger partial charge in [-0.05, 0) is 29.3 Å². The number of rotatable bonds is 4. The minimum atomic E-state index is -0.702. The van der Waals surface area contributed by atoms with E-state index in [1.165, 1.54) is 0 Å². The Morgan fingerprint density at radius 3 is 2.06 bits per heavy atom. The van der Waals surface area contributed by atoms with Crippen LogP contribution in [0.1, 0.15) is 34.2 Å². The second-order valence-electron chi connectivity index (χ2n) is 8.59. The fourth-order valence-electron chi connectivity index (χ4n) is 5.04. The second kappa shape index (κ2) is 8.78. The molecule has 2 heterocycles. The maximum absolute atomic E-state index is 14.3. The summed E-state index contributed by atoms with van der Waals surface area (Å²) in [7, 11) is 0. The maximum atomic E-state index is 14.3. The smallest absolute Gasteiger partial charge is 0.240 e. The number of phenols is 1. The van der Waals surface area contributed by atoms with Crippen LogP contribution in [0.25, 0.3) is 0 Å². The lowest BCUT2D eigenvalue weighted by atomic mass is 9.91. The van der Waals surface area contributed by atoms with Crippen LogP contribution in [0.2, 0.25) is 0 Å². The molecule has 6 rings (SSSR count). The third kappa shape index (κ3) is 3.65. The van der Waals surface area contributed by atoms with E-state index in [0.29, 0.717) is 30.3 Å². The van der Waals surface area contributed by atoms with Crippen molar-refractivity contribution >= 4 is 27.5 Å². The zero-order valence-electron chi connectivity index (χ0n) is 18.7. The predicted octanol–water partition coefficient (Wildman–Crippen LogP) is 6.19. The molecule has 0 saturated carbocycles. The van der Waals surface area contributed by atoms with Gasteiger partial charge >= 0.3 is 0 Å². The number of carbonyl (C=O) groups excluding carboxylic acids is 1. The first-order valence-electron chi connectivity index (χ1n) is 11.5. The first-order valence-corrected chi connectivity index (χ1v) is 12.3. The number of amides is 1. The van der Waals surface area contributed by atoms with E-state index in [2.05, 4.69) is 15.9 Å². The molecule has 2 aliphatic rings. The number of nitrogens with zero attached hydrogens (tertiary/aromatic N) is 1. The Hall–Kier alpha value is -3.77. The van der Waals surface area contributed by atoms with Crippen molar-refractivity contribution in [2.75, 3.05) is 18.1 Å². The molecule has 1 unspecified atom stereocenters. The number of benzene rings is 4. The van der Waals surface area contributed by atoms with Crippen molar-refractivity contribution in [1.82, 2.24) is 0 Å². The highest BCUT2D eigenvalue weighted by molar-refractivity contribution is 9.10. The highest BCUT2D eigenvalue weighted by Crippen LogP contribution is 2.52. The molecule has 1 N–H and O–H groups in total. The van der Waals surface area contributed by atoms with E-state index in [1.807, 2.05) is 83.8 Å². The van der Waals surface area contributed by atoms with Crippen molar-refractivity contribution in [1.29, 1.82) is 0 Å². The summed E-state index contributed by atoms with van der Waals surface area (Å²) in [6.45, 7) is 0.846. The highest BCUT2D eigenvalue weighted by atomic mass is 79.9. The third-order valence-corrected chi connectivity index (χ3v) is 7.25. The predicted molar refractivity (Wildman–Crippen MR) is 137 cm³/mol. The van der Waals surface area contributed by atoms with Gasteiger partial charge in [-0.15, -0.1) is 0 Å². The van der Waals surface area contributed by atoms with Crippen LogP contribution < -0.4 is 14.4 Å². The van der Waals surface area contributed by atoms with Crippen LogP contribution in [0.15, 0.2) is 95.5 Å². The zero-order chi connectivity index (χ0) is 23.9. The van der Waals surface area contributed by atoms with E-state index >= 15 is 0 Å². The van der Waals surface area contributed by atoms with Crippen molar-refractivity contribution in [2.24, 2.45) is 0 Å². The average molecular weight is 528 g/mol. The normalized spacial score (nSPS) is 16.5. The molecule has 1 atom stereocenters. The van der Waals surface area contributed by atoms with Crippen LogP contribution in [-0.2, 0) is 4.79 Å². The average Bonchev–Trinajstić information content (AvgIpc) is 3.18. The number of fused-ring (bicyclic) bond motifs is 2. The molecule has 0 bridgehead atoms. The summed E-state index contributed by atoms with van der Waals surface area (Å²) < 4.78 is 12.2. The van der Waals surface area contributed by atoms with Crippen molar-refractivity contribution < 1.29 is 19.4 Å². The molecule has 0 aliphatic carbocycles. The third-order valence-electron chi connectivity index (χ3n) is 6.55. The van der Waals surface area contributed by atoms with Crippen LogP contribution in [-0.4, -0.2) is 24.2 Å². The van der Waals surface area contributed by atoms with Gasteiger partial charge < -0.3 is 14.6 Å². The number of hydrogen-bond donors (Lipinski definition) is 1. The fourth-order valence-corrected chi connectivity index (χ4v) is 5.63. The standard InChI is InChI=1S/C29H22BrNO4/c30-21-12-7-13-22-27(21)26(20-16-24-25(17-23(20)32)35-15-14-34-24)29(33)31(22)28(18-8-3-1-4-9-18)19-10-5-2-6-11-19/h1-13,16-17,26,28,32H,14-15H2. The van der Waals surface area contributed by atoms with Gasteiger partial charge in [0.25, 0.3) is 0 Å². The van der Waals surface area contributed by atoms with Crippen LogP contribution in [0.5, 0.6) is 17.2 Å². The molecular weight excluding hydrogens is 506 g/mol. The second-order valence-corrected chi connectivity index (χ2v) is 9.45. The minimum absolute atomic E-state index is 0.00660. The van der Waals surface area contributed by atoms with Gasteiger partial charge in [0, 0.05) is 21.7 Å². The van der Waals surface area contributed by atoms with Crippen LogP contribution >= 0.6 is 15.9 Å². The molecule has 1 amide bonds. The minimum Gasteiger partial charge on any atom is -0.507 e. The number of phenolic OH excluding ortho intramolecular Hbond substituents is 1. The molecule has 5 nitrogen and oxygen atoms in total. The Morgan fingerprint density at radius 1 is 0.829 bits per heavy atom. The summed E-state index contributed by atoms with van der Waals surface area (Å²) in [6.07, 6.45) is 0. The van der Waals surface area contributed by atoms with Gasteiger partial charge in [-0.1, -0.05) is 82.7 Å². The number of anilines is 1. The molecule has 4 aromatic carbocycles. The van der Waals surface area contributed by atoms with Gasteiger partial charge in [0.15, 0.2) is 11.5 Å². The van der Waals surface area contributed by atoms with E-state index in [4.69, 9.17) is 9.47 Å². The highest BCUT2D eigenvalue weighted by Gasteiger charge is 2.45. The van der Waals surface area contributed by atoms with E-state index in [0.717, 1.165) is 26.9 Å². The first kappa shape index (κ1) is 21.7. The largest absolute Gasteiger partial charge is 0.507 e. The van der Waals surface area contributed by atoms with Crippen LogP contribution in [0.3, 0.4) is 0 Å².